The van der Waals surface area contributed by atoms with Gasteiger partial charge in [0, 0.05) is 19.4 Å². The number of carbonyl (C=O) groups is 3. The molecule has 6 nitrogen and oxygen atoms in total. The average molecular weight is 308 g/mol. The minimum absolute atomic E-state index is 0.240. The van der Waals surface area contributed by atoms with E-state index in [-0.39, 0.29) is 13.2 Å². The van der Waals surface area contributed by atoms with Crippen molar-refractivity contribution in [2.45, 2.75) is 25.8 Å². The fourth-order valence-corrected chi connectivity index (χ4v) is 4.03. The van der Waals surface area contributed by atoms with Crippen molar-refractivity contribution in [3.63, 3.8) is 0 Å². The Kier molecular flexibility index (Phi) is 3.77. The molecule has 1 aromatic rings. The second kappa shape index (κ2) is 5.57. The van der Waals surface area contributed by atoms with Gasteiger partial charge in [-0.1, -0.05) is 6.07 Å². The van der Waals surface area contributed by atoms with Gasteiger partial charge >= 0.3 is 17.8 Å². The number of thiophene rings is 1. The van der Waals surface area contributed by atoms with Crippen molar-refractivity contribution in [1.29, 1.82) is 0 Å². The Morgan fingerprint density at radius 2 is 2.05 bits per heavy atom. The van der Waals surface area contributed by atoms with E-state index in [0.29, 0.717) is 6.04 Å². The van der Waals surface area contributed by atoms with Crippen molar-refractivity contribution >= 4 is 29.2 Å². The van der Waals surface area contributed by atoms with E-state index in [0.717, 1.165) is 29.2 Å². The van der Waals surface area contributed by atoms with E-state index < -0.39 is 17.8 Å². The Morgan fingerprint density at radius 3 is 2.67 bits per heavy atom. The number of nitrogens with zero attached hydrogens (tertiary/aromatic N) is 2. The lowest BCUT2D eigenvalue weighted by molar-refractivity contribution is -0.925. The molecule has 2 saturated heterocycles. The molecule has 0 aliphatic carbocycles. The molecule has 0 bridgehead atoms. The molecule has 3 heterocycles. The van der Waals surface area contributed by atoms with E-state index in [1.54, 1.807) is 18.3 Å². The Balaban J connectivity index is 1.75. The molecule has 0 radical (unpaired) electrons. The molecule has 1 unspecified atom stereocenters. The van der Waals surface area contributed by atoms with E-state index in [4.69, 9.17) is 0 Å². The van der Waals surface area contributed by atoms with Crippen LogP contribution in [0.3, 0.4) is 0 Å². The van der Waals surface area contributed by atoms with Crippen LogP contribution < -0.4 is 4.90 Å². The van der Waals surface area contributed by atoms with Gasteiger partial charge < -0.3 is 4.90 Å². The minimum Gasteiger partial charge on any atom is -0.310 e. The van der Waals surface area contributed by atoms with Crippen LogP contribution in [-0.2, 0) is 9.59 Å². The SMILES string of the molecule is CCN1C(=O)C(=O)N(C[NH+]2CCC[C@@H]2c2cccs2)C1=O. The molecule has 4 amide bonds. The van der Waals surface area contributed by atoms with Crippen LogP contribution in [0.4, 0.5) is 4.79 Å². The summed E-state index contributed by atoms with van der Waals surface area (Å²) in [5, 5.41) is 2.04. The summed E-state index contributed by atoms with van der Waals surface area (Å²) in [7, 11) is 0. The number of carbonyl (C=O) groups excluding carboxylic acids is 3. The summed E-state index contributed by atoms with van der Waals surface area (Å²) in [4.78, 5) is 40.4. The topological polar surface area (TPSA) is 62.1 Å². The van der Waals surface area contributed by atoms with Crippen LogP contribution in [0.5, 0.6) is 0 Å². The summed E-state index contributed by atoms with van der Waals surface area (Å²) in [5.41, 5.74) is 0. The molecular formula is C14H18N3O3S+. The van der Waals surface area contributed by atoms with Crippen LogP contribution in [0.2, 0.25) is 0 Å². The van der Waals surface area contributed by atoms with E-state index in [1.165, 1.54) is 9.78 Å². The van der Waals surface area contributed by atoms with E-state index in [9.17, 15) is 14.4 Å². The second-order valence-corrected chi connectivity index (χ2v) is 6.32. The van der Waals surface area contributed by atoms with Crippen LogP contribution in [0.15, 0.2) is 17.5 Å². The molecule has 1 aromatic heterocycles. The number of urea groups is 1. The molecule has 7 heteroatoms. The molecule has 2 aliphatic rings. The van der Waals surface area contributed by atoms with Crippen LogP contribution in [0.1, 0.15) is 30.7 Å². The number of nitrogens with one attached hydrogen (secondary N) is 1. The van der Waals surface area contributed by atoms with Gasteiger partial charge in [0.15, 0.2) is 6.67 Å². The number of quaternary nitrogens is 1. The first-order chi connectivity index (χ1) is 10.1. The number of hydrogen-bond donors (Lipinski definition) is 1. The number of likely N-dealkylation sites (N-methyl/N-ethyl adjacent to an activating group) is 1. The Morgan fingerprint density at radius 1 is 1.29 bits per heavy atom. The smallest absolute Gasteiger partial charge is 0.310 e. The summed E-state index contributed by atoms with van der Waals surface area (Å²) in [6.45, 7) is 3.13. The van der Waals surface area contributed by atoms with Crippen LogP contribution in [-0.4, -0.2) is 47.4 Å². The lowest BCUT2D eigenvalue weighted by Crippen LogP contribution is -3.12. The standard InChI is InChI=1S/C14H17N3O3S/c1-2-16-12(18)13(19)17(14(16)20)9-15-7-3-5-10(15)11-6-4-8-21-11/h4,6,8,10H,2-3,5,7,9H2,1H3/p+1/t10-/m1/s1. The van der Waals surface area contributed by atoms with Crippen molar-refractivity contribution in [1.82, 2.24) is 9.80 Å². The van der Waals surface area contributed by atoms with Gasteiger partial charge in [-0.15, -0.1) is 11.3 Å². The Bertz CT molecular complexity index is 572. The van der Waals surface area contributed by atoms with Crippen molar-refractivity contribution < 1.29 is 19.3 Å². The molecule has 2 atom stereocenters. The molecule has 0 spiro atoms. The summed E-state index contributed by atoms with van der Waals surface area (Å²) >= 11 is 1.70. The molecule has 21 heavy (non-hydrogen) atoms. The van der Waals surface area contributed by atoms with Crippen LogP contribution in [0, 0.1) is 0 Å². The first kappa shape index (κ1) is 14.2. The highest BCUT2D eigenvalue weighted by molar-refractivity contribution is 7.10. The maximum atomic E-state index is 12.1. The van der Waals surface area contributed by atoms with Gasteiger partial charge in [0.25, 0.3) is 0 Å². The van der Waals surface area contributed by atoms with Crippen molar-refractivity contribution in [3.05, 3.63) is 22.4 Å². The normalized spacial score (nSPS) is 26.2. The van der Waals surface area contributed by atoms with Crippen LogP contribution in [0.25, 0.3) is 0 Å². The van der Waals surface area contributed by atoms with Crippen molar-refractivity contribution in [2.75, 3.05) is 19.8 Å². The highest BCUT2D eigenvalue weighted by Crippen LogP contribution is 2.23. The molecule has 2 fully saturated rings. The second-order valence-electron chi connectivity index (χ2n) is 5.34. The van der Waals surface area contributed by atoms with Crippen molar-refractivity contribution in [2.24, 2.45) is 0 Å². The third-order valence-electron chi connectivity index (χ3n) is 4.18. The zero-order valence-electron chi connectivity index (χ0n) is 11.9. The number of imide groups is 2. The largest absolute Gasteiger partial charge is 0.338 e. The lowest BCUT2D eigenvalue weighted by atomic mass is 10.2. The predicted molar refractivity (Wildman–Crippen MR) is 76.6 cm³/mol. The van der Waals surface area contributed by atoms with Gasteiger partial charge in [0.2, 0.25) is 0 Å². The molecule has 0 saturated carbocycles. The maximum absolute atomic E-state index is 12.1. The fourth-order valence-electron chi connectivity index (χ4n) is 3.11. The first-order valence-corrected chi connectivity index (χ1v) is 8.06. The highest BCUT2D eigenvalue weighted by Gasteiger charge is 2.46. The molecule has 3 rings (SSSR count). The number of amides is 4. The van der Waals surface area contributed by atoms with E-state index in [1.807, 2.05) is 11.4 Å². The number of likely N-dealkylation sites (tertiary alicyclic amines) is 1. The molecular weight excluding hydrogens is 290 g/mol. The quantitative estimate of drug-likeness (QED) is 0.640. The van der Waals surface area contributed by atoms with Gasteiger partial charge in [-0.2, -0.15) is 0 Å². The average Bonchev–Trinajstić information content (AvgIpc) is 3.17. The summed E-state index contributed by atoms with van der Waals surface area (Å²) in [5.74, 6) is -1.39. The minimum atomic E-state index is -0.700. The highest BCUT2D eigenvalue weighted by atomic mass is 32.1. The van der Waals surface area contributed by atoms with Crippen LogP contribution >= 0.6 is 11.3 Å². The summed E-state index contributed by atoms with van der Waals surface area (Å²) in [6, 6.07) is 3.95. The molecule has 0 aromatic carbocycles. The van der Waals surface area contributed by atoms with Gasteiger partial charge in [-0.25, -0.2) is 9.69 Å². The third-order valence-corrected chi connectivity index (χ3v) is 5.17. The predicted octanol–water partition coefficient (Wildman–Crippen LogP) is 0.236. The zero-order valence-corrected chi connectivity index (χ0v) is 12.7. The van der Waals surface area contributed by atoms with E-state index >= 15 is 0 Å². The van der Waals surface area contributed by atoms with Crippen molar-refractivity contribution in [3.8, 4) is 0 Å². The third kappa shape index (κ3) is 2.36. The first-order valence-electron chi connectivity index (χ1n) is 7.18. The zero-order chi connectivity index (χ0) is 15.0. The Labute approximate surface area is 126 Å². The summed E-state index contributed by atoms with van der Waals surface area (Å²) < 4.78 is 0. The molecule has 2 aliphatic heterocycles. The lowest BCUT2D eigenvalue weighted by Gasteiger charge is -2.24. The number of rotatable bonds is 4. The monoisotopic (exact) mass is 308 g/mol. The Hall–Kier alpha value is -1.73. The van der Waals surface area contributed by atoms with Gasteiger partial charge in [0.1, 0.15) is 6.04 Å². The summed E-state index contributed by atoms with van der Waals surface area (Å²) in [6.07, 6.45) is 2.12. The molecule has 1 N–H and O–H groups in total. The molecule has 112 valence electrons. The fraction of sp³-hybridized carbons (Fsp3) is 0.500. The number of hydrogen-bond acceptors (Lipinski definition) is 4. The van der Waals surface area contributed by atoms with E-state index in [2.05, 4.69) is 6.07 Å². The van der Waals surface area contributed by atoms with Gasteiger partial charge in [0.05, 0.1) is 11.4 Å². The maximum Gasteiger partial charge on any atom is 0.338 e. The van der Waals surface area contributed by atoms with Gasteiger partial charge in [-0.3, -0.25) is 14.5 Å². The van der Waals surface area contributed by atoms with Gasteiger partial charge in [-0.05, 0) is 18.4 Å².